The molecule has 0 aliphatic carbocycles. The van der Waals surface area contributed by atoms with E-state index in [0.29, 0.717) is 17.6 Å². The van der Waals surface area contributed by atoms with Crippen LogP contribution in [0.15, 0.2) is 53.1 Å². The molecule has 162 valence electrons. The maximum absolute atomic E-state index is 12.7. The lowest BCUT2D eigenvalue weighted by atomic mass is 10.0. The number of hydrogen-bond acceptors (Lipinski definition) is 5. The average Bonchev–Trinajstić information content (AvgIpc) is 3.22. The predicted octanol–water partition coefficient (Wildman–Crippen LogP) is 6.79. The highest BCUT2D eigenvalue weighted by molar-refractivity contribution is 6.45. The Labute approximate surface area is 185 Å². The van der Waals surface area contributed by atoms with Gasteiger partial charge in [-0.2, -0.15) is 18.2 Å². The molecule has 1 heterocycles. The van der Waals surface area contributed by atoms with Gasteiger partial charge >= 0.3 is 6.18 Å². The molecule has 3 aromatic rings. The highest BCUT2D eigenvalue weighted by atomic mass is 35.5. The molecule has 10 heteroatoms. The van der Waals surface area contributed by atoms with Crippen molar-refractivity contribution in [1.82, 2.24) is 10.1 Å². The van der Waals surface area contributed by atoms with E-state index in [4.69, 9.17) is 32.5 Å². The van der Waals surface area contributed by atoms with Crippen LogP contribution in [0.1, 0.15) is 35.2 Å². The van der Waals surface area contributed by atoms with E-state index in [2.05, 4.69) is 16.7 Å². The number of aromatic nitrogens is 2. The Morgan fingerprint density at radius 3 is 2.42 bits per heavy atom. The third kappa shape index (κ3) is 5.08. The van der Waals surface area contributed by atoms with Crippen LogP contribution < -0.4 is 4.74 Å². The average molecular weight is 471 g/mol. The summed E-state index contributed by atoms with van der Waals surface area (Å²) in [5.74, 6) is 0.0655. The molecule has 0 unspecified atom stereocenters. The van der Waals surface area contributed by atoms with E-state index in [-0.39, 0.29) is 45.5 Å². The Hall–Kier alpha value is -2.84. The largest absolute Gasteiger partial charge is 0.482 e. The molecule has 1 aromatic heterocycles. The number of hydrogen-bond donors (Lipinski definition) is 0. The number of Topliss-reactive ketones (excluding diaryl/α,β-unsaturated/α-hetero) is 1. The van der Waals surface area contributed by atoms with Crippen LogP contribution >= 0.6 is 23.2 Å². The molecular weight excluding hydrogens is 456 g/mol. The standard InChI is InChI=1S/C21H15Cl2F3N2O3/c1-3-11(2)19(29)14-8-9-15(18(23)17(14)22)30-10-16-27-20(28-31-16)12-4-6-13(7-5-12)21(24,25)26/h4-9H,2-3,10H2,1H3. The van der Waals surface area contributed by atoms with E-state index in [1.165, 1.54) is 24.3 Å². The lowest BCUT2D eigenvalue weighted by Gasteiger charge is -2.11. The zero-order valence-electron chi connectivity index (χ0n) is 16.1. The Bertz CT molecular complexity index is 1130. The van der Waals surface area contributed by atoms with E-state index in [9.17, 15) is 18.0 Å². The van der Waals surface area contributed by atoms with Crippen LogP contribution in [0.3, 0.4) is 0 Å². The molecule has 0 radical (unpaired) electrons. The van der Waals surface area contributed by atoms with Gasteiger partial charge < -0.3 is 9.26 Å². The fourth-order valence-corrected chi connectivity index (χ4v) is 3.01. The number of carbonyl (C=O) groups excluding carboxylic acids is 1. The molecule has 0 atom stereocenters. The molecular formula is C21H15Cl2F3N2O3. The molecule has 0 fully saturated rings. The molecule has 0 aliphatic heterocycles. The molecule has 0 spiro atoms. The molecule has 3 rings (SSSR count). The number of nitrogens with zero attached hydrogens (tertiary/aromatic N) is 2. The molecule has 0 N–H and O–H groups in total. The maximum atomic E-state index is 12.7. The van der Waals surface area contributed by atoms with Crippen LogP contribution in [0.25, 0.3) is 11.4 Å². The summed E-state index contributed by atoms with van der Waals surface area (Å²) in [5, 5.41) is 3.81. The van der Waals surface area contributed by atoms with E-state index < -0.39 is 11.7 Å². The molecule has 5 nitrogen and oxygen atoms in total. The van der Waals surface area contributed by atoms with E-state index in [1.54, 1.807) is 6.92 Å². The number of allylic oxidation sites excluding steroid dienone is 1. The van der Waals surface area contributed by atoms with Crippen molar-refractivity contribution in [2.45, 2.75) is 26.1 Å². The number of ether oxygens (including phenoxy) is 1. The van der Waals surface area contributed by atoms with Crippen molar-refractivity contribution in [3.05, 3.63) is 75.6 Å². The van der Waals surface area contributed by atoms with E-state index in [0.717, 1.165) is 12.1 Å². The van der Waals surface area contributed by atoms with Gasteiger partial charge in [0.2, 0.25) is 5.82 Å². The fraction of sp³-hybridized carbons (Fsp3) is 0.190. The normalized spacial score (nSPS) is 11.4. The van der Waals surface area contributed by atoms with Gasteiger partial charge in [-0.05, 0) is 36.3 Å². The van der Waals surface area contributed by atoms with Crippen molar-refractivity contribution < 1.29 is 27.2 Å². The number of benzene rings is 2. The lowest BCUT2D eigenvalue weighted by molar-refractivity contribution is -0.137. The molecule has 31 heavy (non-hydrogen) atoms. The summed E-state index contributed by atoms with van der Waals surface area (Å²) in [6.07, 6.45) is -3.96. The van der Waals surface area contributed by atoms with E-state index in [1.807, 2.05) is 0 Å². The minimum absolute atomic E-state index is 0.0368. The molecule has 0 amide bonds. The zero-order valence-corrected chi connectivity index (χ0v) is 17.6. The summed E-state index contributed by atoms with van der Waals surface area (Å²) in [4.78, 5) is 16.4. The number of ketones is 1. The predicted molar refractivity (Wildman–Crippen MR) is 109 cm³/mol. The second-order valence-electron chi connectivity index (χ2n) is 6.40. The summed E-state index contributed by atoms with van der Waals surface area (Å²) in [6.45, 7) is 5.33. The second kappa shape index (κ2) is 9.11. The van der Waals surface area contributed by atoms with Gasteiger partial charge in [-0.1, -0.05) is 54.0 Å². The van der Waals surface area contributed by atoms with Gasteiger partial charge in [-0.25, -0.2) is 0 Å². The van der Waals surface area contributed by atoms with Crippen LogP contribution in [0, 0.1) is 0 Å². The lowest BCUT2D eigenvalue weighted by Crippen LogP contribution is -2.04. The number of halogens is 5. The van der Waals surface area contributed by atoms with Gasteiger partial charge in [-0.15, -0.1) is 0 Å². The quantitative estimate of drug-likeness (QED) is 0.281. The third-order valence-corrected chi connectivity index (χ3v) is 5.19. The van der Waals surface area contributed by atoms with Gasteiger partial charge in [0.1, 0.15) is 10.8 Å². The van der Waals surface area contributed by atoms with Gasteiger partial charge in [0.15, 0.2) is 12.4 Å². The summed E-state index contributed by atoms with van der Waals surface area (Å²) in [5.41, 5.74) is 0.184. The Morgan fingerprint density at radius 1 is 1.13 bits per heavy atom. The minimum Gasteiger partial charge on any atom is -0.482 e. The summed E-state index contributed by atoms with van der Waals surface area (Å²) < 4.78 is 48.6. The highest BCUT2D eigenvalue weighted by Crippen LogP contribution is 2.36. The Kier molecular flexibility index (Phi) is 6.71. The first-order chi connectivity index (χ1) is 14.6. The van der Waals surface area contributed by atoms with Crippen LogP contribution in [-0.2, 0) is 12.8 Å². The maximum Gasteiger partial charge on any atom is 0.416 e. The topological polar surface area (TPSA) is 65.2 Å². The van der Waals surface area contributed by atoms with E-state index >= 15 is 0 Å². The summed E-state index contributed by atoms with van der Waals surface area (Å²) in [7, 11) is 0. The molecule has 0 bridgehead atoms. The second-order valence-corrected chi connectivity index (χ2v) is 7.16. The smallest absolute Gasteiger partial charge is 0.416 e. The van der Waals surface area contributed by atoms with Crippen LogP contribution in [0.4, 0.5) is 13.2 Å². The first-order valence-electron chi connectivity index (χ1n) is 8.95. The van der Waals surface area contributed by atoms with Crippen molar-refractivity contribution in [3.8, 4) is 17.1 Å². The highest BCUT2D eigenvalue weighted by Gasteiger charge is 2.30. The number of rotatable bonds is 7. The first-order valence-corrected chi connectivity index (χ1v) is 9.71. The minimum atomic E-state index is -4.43. The van der Waals surface area contributed by atoms with Crippen molar-refractivity contribution in [2.75, 3.05) is 0 Å². The summed E-state index contributed by atoms with van der Waals surface area (Å²) >= 11 is 12.4. The van der Waals surface area contributed by atoms with Crippen molar-refractivity contribution in [3.63, 3.8) is 0 Å². The Balaban J connectivity index is 1.71. The summed E-state index contributed by atoms with van der Waals surface area (Å²) in [6, 6.07) is 7.31. The third-order valence-electron chi connectivity index (χ3n) is 4.33. The molecule has 0 aliphatic rings. The zero-order chi connectivity index (χ0) is 22.8. The van der Waals surface area contributed by atoms with Gasteiger partial charge in [0.25, 0.3) is 5.89 Å². The van der Waals surface area contributed by atoms with Gasteiger partial charge in [-0.3, -0.25) is 4.79 Å². The molecule has 0 saturated carbocycles. The molecule has 2 aromatic carbocycles. The van der Waals surface area contributed by atoms with Crippen molar-refractivity contribution in [1.29, 1.82) is 0 Å². The SMILES string of the molecule is C=C(CC)C(=O)c1ccc(OCc2nc(-c3ccc(C(F)(F)F)cc3)no2)c(Cl)c1Cl. The molecule has 0 saturated heterocycles. The first kappa shape index (κ1) is 22.8. The van der Waals surface area contributed by atoms with Gasteiger partial charge in [0.05, 0.1) is 10.6 Å². The van der Waals surface area contributed by atoms with Crippen LogP contribution in [0.5, 0.6) is 5.75 Å². The monoisotopic (exact) mass is 470 g/mol. The van der Waals surface area contributed by atoms with Gasteiger partial charge in [0, 0.05) is 11.1 Å². The number of alkyl halides is 3. The van der Waals surface area contributed by atoms with Crippen LogP contribution in [0.2, 0.25) is 10.0 Å². The fourth-order valence-electron chi connectivity index (χ4n) is 2.55. The Morgan fingerprint density at radius 2 is 1.81 bits per heavy atom. The van der Waals surface area contributed by atoms with Crippen molar-refractivity contribution in [2.24, 2.45) is 0 Å². The van der Waals surface area contributed by atoms with Crippen molar-refractivity contribution >= 4 is 29.0 Å². The number of carbonyl (C=O) groups is 1. The van der Waals surface area contributed by atoms with Crippen LogP contribution in [-0.4, -0.2) is 15.9 Å².